The number of carbonyl (C=O) groups is 1. The lowest BCUT2D eigenvalue weighted by Gasteiger charge is -2.09. The molecular formula is C15H9ClN2O3. The first-order valence-electron chi connectivity index (χ1n) is 6.06. The minimum atomic E-state index is -1.14. The standard InChI is InChI=1S/C15H9ClN2O3/c16-12-10(15(19)20)6-8-18-14(12)21-11-5-1-3-9-4-2-7-17-13(9)11/h1-8H,(H,19,20). The fourth-order valence-electron chi connectivity index (χ4n) is 1.92. The lowest BCUT2D eigenvalue weighted by Crippen LogP contribution is -2.00. The van der Waals surface area contributed by atoms with E-state index in [4.69, 9.17) is 21.4 Å². The van der Waals surface area contributed by atoms with Crippen LogP contribution in [0.15, 0.2) is 48.8 Å². The van der Waals surface area contributed by atoms with Gasteiger partial charge in [-0.2, -0.15) is 0 Å². The van der Waals surface area contributed by atoms with Crippen molar-refractivity contribution >= 4 is 28.5 Å². The van der Waals surface area contributed by atoms with Gasteiger partial charge in [0.15, 0.2) is 5.75 Å². The normalized spacial score (nSPS) is 10.5. The number of carboxylic acid groups (broad SMARTS) is 1. The summed E-state index contributed by atoms with van der Waals surface area (Å²) < 4.78 is 5.64. The molecule has 0 radical (unpaired) electrons. The maximum Gasteiger partial charge on any atom is 0.337 e. The van der Waals surface area contributed by atoms with Gasteiger partial charge in [0.2, 0.25) is 5.88 Å². The summed E-state index contributed by atoms with van der Waals surface area (Å²) in [5, 5.41) is 9.91. The monoisotopic (exact) mass is 300 g/mol. The van der Waals surface area contributed by atoms with Crippen molar-refractivity contribution < 1.29 is 14.6 Å². The zero-order valence-electron chi connectivity index (χ0n) is 10.7. The van der Waals surface area contributed by atoms with Crippen LogP contribution in [-0.4, -0.2) is 21.0 Å². The summed E-state index contributed by atoms with van der Waals surface area (Å²) in [6, 6.07) is 10.5. The van der Waals surface area contributed by atoms with Crippen molar-refractivity contribution in [3.8, 4) is 11.6 Å². The maximum atomic E-state index is 11.1. The summed E-state index contributed by atoms with van der Waals surface area (Å²) in [6.07, 6.45) is 2.99. The SMILES string of the molecule is O=C(O)c1ccnc(Oc2cccc3cccnc23)c1Cl. The number of hydrogen-bond acceptors (Lipinski definition) is 4. The van der Waals surface area contributed by atoms with Gasteiger partial charge in [-0.3, -0.25) is 4.98 Å². The van der Waals surface area contributed by atoms with Gasteiger partial charge < -0.3 is 9.84 Å². The molecule has 1 aromatic carbocycles. The Hall–Kier alpha value is -2.66. The summed E-state index contributed by atoms with van der Waals surface area (Å²) in [5.41, 5.74) is 0.591. The van der Waals surface area contributed by atoms with E-state index in [1.54, 1.807) is 12.3 Å². The van der Waals surface area contributed by atoms with Crippen LogP contribution in [0.4, 0.5) is 0 Å². The van der Waals surface area contributed by atoms with Gasteiger partial charge in [0, 0.05) is 17.8 Å². The molecule has 0 aliphatic heterocycles. The number of hydrogen-bond donors (Lipinski definition) is 1. The largest absolute Gasteiger partial charge is 0.478 e. The highest BCUT2D eigenvalue weighted by atomic mass is 35.5. The Balaban J connectivity index is 2.07. The molecule has 3 aromatic rings. The van der Waals surface area contributed by atoms with E-state index in [2.05, 4.69) is 9.97 Å². The first-order valence-corrected chi connectivity index (χ1v) is 6.44. The van der Waals surface area contributed by atoms with E-state index in [0.29, 0.717) is 11.3 Å². The number of benzene rings is 1. The number of rotatable bonds is 3. The summed E-state index contributed by atoms with van der Waals surface area (Å²) in [5.74, 6) is -0.636. The van der Waals surface area contributed by atoms with Crippen molar-refractivity contribution in [2.24, 2.45) is 0 Å². The smallest absolute Gasteiger partial charge is 0.337 e. The number of ether oxygens (including phenoxy) is 1. The number of carboxylic acids is 1. The zero-order valence-corrected chi connectivity index (χ0v) is 11.4. The lowest BCUT2D eigenvalue weighted by molar-refractivity contribution is 0.0696. The molecule has 0 amide bonds. The van der Waals surface area contributed by atoms with Crippen molar-refractivity contribution in [3.63, 3.8) is 0 Å². The minimum Gasteiger partial charge on any atom is -0.478 e. The van der Waals surface area contributed by atoms with Crippen LogP contribution in [0.3, 0.4) is 0 Å². The van der Waals surface area contributed by atoms with Crippen LogP contribution < -0.4 is 4.74 Å². The third kappa shape index (κ3) is 2.51. The van der Waals surface area contributed by atoms with Crippen molar-refractivity contribution in [1.82, 2.24) is 9.97 Å². The van der Waals surface area contributed by atoms with Gasteiger partial charge in [0.25, 0.3) is 0 Å². The predicted molar refractivity (Wildman–Crippen MR) is 78.0 cm³/mol. The highest BCUT2D eigenvalue weighted by Crippen LogP contribution is 2.32. The second-order valence-electron chi connectivity index (χ2n) is 4.22. The Bertz CT molecular complexity index is 831. The second kappa shape index (κ2) is 5.38. The summed E-state index contributed by atoms with van der Waals surface area (Å²) in [6.45, 7) is 0. The molecule has 0 atom stereocenters. The number of aromatic carboxylic acids is 1. The molecule has 6 heteroatoms. The lowest BCUT2D eigenvalue weighted by atomic mass is 10.2. The molecule has 0 aliphatic carbocycles. The third-order valence-corrected chi connectivity index (χ3v) is 3.26. The average molecular weight is 301 g/mol. The number of nitrogens with zero attached hydrogens (tertiary/aromatic N) is 2. The van der Waals surface area contributed by atoms with Gasteiger partial charge in [-0.1, -0.05) is 29.8 Å². The van der Waals surface area contributed by atoms with E-state index in [9.17, 15) is 4.79 Å². The summed E-state index contributed by atoms with van der Waals surface area (Å²) in [7, 11) is 0. The van der Waals surface area contributed by atoms with Crippen LogP contribution >= 0.6 is 11.6 Å². The molecule has 1 N–H and O–H groups in total. The number of aromatic nitrogens is 2. The van der Waals surface area contributed by atoms with Crippen LogP contribution in [0.1, 0.15) is 10.4 Å². The molecule has 104 valence electrons. The zero-order chi connectivity index (χ0) is 14.8. The molecule has 2 aromatic heterocycles. The summed E-state index contributed by atoms with van der Waals surface area (Å²) in [4.78, 5) is 19.3. The van der Waals surface area contributed by atoms with E-state index in [1.165, 1.54) is 12.3 Å². The Labute approximate surface area is 124 Å². The van der Waals surface area contributed by atoms with E-state index in [-0.39, 0.29) is 16.5 Å². The Morgan fingerprint density at radius 2 is 1.90 bits per heavy atom. The highest BCUT2D eigenvalue weighted by molar-refractivity contribution is 6.34. The van der Waals surface area contributed by atoms with Crippen molar-refractivity contribution in [2.75, 3.05) is 0 Å². The van der Waals surface area contributed by atoms with Crippen LogP contribution in [0.25, 0.3) is 10.9 Å². The average Bonchev–Trinajstić information content (AvgIpc) is 2.49. The van der Waals surface area contributed by atoms with Gasteiger partial charge in [-0.15, -0.1) is 0 Å². The topological polar surface area (TPSA) is 72.3 Å². The fourth-order valence-corrected chi connectivity index (χ4v) is 2.15. The molecule has 0 fully saturated rings. The number of para-hydroxylation sites is 1. The third-order valence-electron chi connectivity index (χ3n) is 2.89. The van der Waals surface area contributed by atoms with E-state index in [1.807, 2.05) is 24.3 Å². The van der Waals surface area contributed by atoms with E-state index in [0.717, 1.165) is 5.39 Å². The Morgan fingerprint density at radius 3 is 2.71 bits per heavy atom. The molecule has 0 saturated heterocycles. The number of pyridine rings is 2. The van der Waals surface area contributed by atoms with Gasteiger partial charge >= 0.3 is 5.97 Å². The van der Waals surface area contributed by atoms with Gasteiger partial charge in [0.1, 0.15) is 10.5 Å². The molecule has 0 aliphatic rings. The van der Waals surface area contributed by atoms with E-state index < -0.39 is 5.97 Å². The molecule has 0 saturated carbocycles. The Kier molecular flexibility index (Phi) is 3.41. The molecule has 21 heavy (non-hydrogen) atoms. The van der Waals surface area contributed by atoms with Gasteiger partial charge in [-0.05, 0) is 18.2 Å². The molecule has 5 nitrogen and oxygen atoms in total. The van der Waals surface area contributed by atoms with Crippen LogP contribution in [-0.2, 0) is 0 Å². The fraction of sp³-hybridized carbons (Fsp3) is 0. The number of halogens is 1. The van der Waals surface area contributed by atoms with Crippen LogP contribution in [0.5, 0.6) is 11.6 Å². The number of fused-ring (bicyclic) bond motifs is 1. The van der Waals surface area contributed by atoms with E-state index >= 15 is 0 Å². The van der Waals surface area contributed by atoms with Crippen LogP contribution in [0, 0.1) is 0 Å². The molecule has 0 unspecified atom stereocenters. The molecule has 0 bridgehead atoms. The highest BCUT2D eigenvalue weighted by Gasteiger charge is 2.15. The first kappa shape index (κ1) is 13.3. The minimum absolute atomic E-state index is 0.0368. The molecule has 2 heterocycles. The summed E-state index contributed by atoms with van der Waals surface area (Å²) >= 11 is 6.02. The van der Waals surface area contributed by atoms with Gasteiger partial charge in [-0.25, -0.2) is 9.78 Å². The molecule has 0 spiro atoms. The van der Waals surface area contributed by atoms with Gasteiger partial charge in [0.05, 0.1) is 5.56 Å². The Morgan fingerprint density at radius 1 is 1.10 bits per heavy atom. The quantitative estimate of drug-likeness (QED) is 0.797. The predicted octanol–water partition coefficient (Wildman–Crippen LogP) is 3.77. The molecular weight excluding hydrogens is 292 g/mol. The first-order chi connectivity index (χ1) is 10.2. The van der Waals surface area contributed by atoms with Crippen LogP contribution in [0.2, 0.25) is 5.02 Å². The van der Waals surface area contributed by atoms with Crippen molar-refractivity contribution in [2.45, 2.75) is 0 Å². The second-order valence-corrected chi connectivity index (χ2v) is 4.59. The maximum absolute atomic E-state index is 11.1. The molecule has 3 rings (SSSR count). The van der Waals surface area contributed by atoms with Crippen molar-refractivity contribution in [3.05, 3.63) is 59.4 Å². The van der Waals surface area contributed by atoms with Crippen molar-refractivity contribution in [1.29, 1.82) is 0 Å².